The number of aryl methyl sites for hydroxylation is 3. The van der Waals surface area contributed by atoms with E-state index in [1.54, 1.807) is 18.2 Å². The number of halogens is 6. The summed E-state index contributed by atoms with van der Waals surface area (Å²) in [5.41, 5.74) is 3.21. The van der Waals surface area contributed by atoms with Crippen LogP contribution in [0.4, 0.5) is 26.3 Å². The molecule has 0 atom stereocenters. The zero-order valence-electron chi connectivity index (χ0n) is 21.0. The summed E-state index contributed by atoms with van der Waals surface area (Å²) < 4.78 is 84.3. The van der Waals surface area contributed by atoms with Crippen LogP contribution < -0.4 is 4.74 Å². The molecule has 0 spiro atoms. The van der Waals surface area contributed by atoms with Gasteiger partial charge in [0.1, 0.15) is 5.82 Å². The Balaban J connectivity index is 1.47. The smallest absolute Gasteiger partial charge is 0.399 e. The van der Waals surface area contributed by atoms with Crippen LogP contribution in [0.15, 0.2) is 66.7 Å². The lowest BCUT2D eigenvalue weighted by Gasteiger charge is -2.13. The summed E-state index contributed by atoms with van der Waals surface area (Å²) >= 11 is 0. The highest BCUT2D eigenvalue weighted by Gasteiger charge is 2.34. The molecule has 0 aliphatic heterocycles. The quantitative estimate of drug-likeness (QED) is 0.146. The van der Waals surface area contributed by atoms with Crippen molar-refractivity contribution in [2.24, 2.45) is 0 Å². The maximum absolute atomic E-state index is 15.3. The first-order valence-electron chi connectivity index (χ1n) is 12.7. The summed E-state index contributed by atoms with van der Waals surface area (Å²) in [6.07, 6.45) is 2.35. The third kappa shape index (κ3) is 6.88. The van der Waals surface area contributed by atoms with Crippen molar-refractivity contribution >= 4 is 10.8 Å². The van der Waals surface area contributed by atoms with Gasteiger partial charge in [-0.3, -0.25) is 0 Å². The third-order valence-electron chi connectivity index (χ3n) is 6.59. The predicted molar refractivity (Wildman–Crippen MR) is 138 cm³/mol. The Bertz CT molecular complexity index is 1370. The molecule has 0 heterocycles. The van der Waals surface area contributed by atoms with E-state index in [1.165, 1.54) is 42.9 Å². The van der Waals surface area contributed by atoms with E-state index in [0.717, 1.165) is 24.8 Å². The number of hydrogen-bond acceptors (Lipinski definition) is 1. The average Bonchev–Trinajstić information content (AvgIpc) is 2.88. The summed E-state index contributed by atoms with van der Waals surface area (Å²) in [6.45, 7) is 2.20. The average molecular weight is 531 g/mol. The van der Waals surface area contributed by atoms with Crippen molar-refractivity contribution in [2.75, 3.05) is 0 Å². The largest absolute Gasteiger partial charge is 0.573 e. The van der Waals surface area contributed by atoms with Crippen molar-refractivity contribution in [3.63, 3.8) is 0 Å². The van der Waals surface area contributed by atoms with E-state index in [4.69, 9.17) is 0 Å². The van der Waals surface area contributed by atoms with Crippen molar-refractivity contribution in [1.82, 2.24) is 0 Å². The van der Waals surface area contributed by atoms with Gasteiger partial charge in [-0.15, -0.1) is 13.2 Å². The highest BCUT2D eigenvalue weighted by atomic mass is 19.4. The number of benzene rings is 4. The van der Waals surface area contributed by atoms with Crippen LogP contribution in [-0.4, -0.2) is 6.36 Å². The minimum absolute atomic E-state index is 0.128. The van der Waals surface area contributed by atoms with E-state index < -0.39 is 29.6 Å². The van der Waals surface area contributed by atoms with Crippen LogP contribution in [0.3, 0.4) is 0 Å². The lowest BCUT2D eigenvalue weighted by atomic mass is 9.96. The van der Waals surface area contributed by atoms with E-state index in [1.807, 2.05) is 6.07 Å². The molecule has 0 saturated heterocycles. The number of rotatable bonds is 10. The Labute approximate surface area is 218 Å². The van der Waals surface area contributed by atoms with Crippen molar-refractivity contribution in [3.05, 3.63) is 101 Å². The zero-order valence-corrected chi connectivity index (χ0v) is 21.0. The van der Waals surface area contributed by atoms with Gasteiger partial charge in [0.05, 0.1) is 0 Å². The molecule has 38 heavy (non-hydrogen) atoms. The fourth-order valence-electron chi connectivity index (χ4n) is 4.57. The summed E-state index contributed by atoms with van der Waals surface area (Å²) in [5, 5.41) is 0.860. The summed E-state index contributed by atoms with van der Waals surface area (Å²) in [7, 11) is 0. The van der Waals surface area contributed by atoms with Gasteiger partial charge in [0.15, 0.2) is 11.6 Å². The Morgan fingerprint density at radius 2 is 1.26 bits per heavy atom. The van der Waals surface area contributed by atoms with Gasteiger partial charge in [0, 0.05) is 10.9 Å². The lowest BCUT2D eigenvalue weighted by molar-refractivity contribution is -0.276. The van der Waals surface area contributed by atoms with Gasteiger partial charge < -0.3 is 4.74 Å². The van der Waals surface area contributed by atoms with Gasteiger partial charge in [-0.1, -0.05) is 80.8 Å². The van der Waals surface area contributed by atoms with Crippen LogP contribution in [0.25, 0.3) is 21.9 Å². The fraction of sp³-hybridized carbons (Fsp3) is 0.290. The Morgan fingerprint density at radius 1 is 0.658 bits per heavy atom. The molecule has 0 aromatic heterocycles. The molecule has 0 aliphatic carbocycles. The minimum atomic E-state index is -5.26. The maximum Gasteiger partial charge on any atom is 0.573 e. The molecule has 1 nitrogen and oxygen atoms in total. The van der Waals surface area contributed by atoms with Gasteiger partial charge in [-0.2, -0.15) is 0 Å². The second-order valence-electron chi connectivity index (χ2n) is 9.43. The molecule has 0 amide bonds. The summed E-state index contributed by atoms with van der Waals surface area (Å²) in [5.74, 6) is -5.44. The number of unbranched alkanes of at least 4 members (excludes halogenated alkanes) is 3. The SMILES string of the molecule is CCCCCCc1ccc(CCc2ccc3c(F)c(-c4cc(F)c(OC(F)(F)F)c(F)c4)ccc3c2)cc1. The predicted octanol–water partition coefficient (Wildman–Crippen LogP) is 9.73. The minimum Gasteiger partial charge on any atom is -0.399 e. The molecular formula is C31H28F6O. The second-order valence-corrected chi connectivity index (χ2v) is 9.43. The van der Waals surface area contributed by atoms with E-state index >= 15 is 4.39 Å². The van der Waals surface area contributed by atoms with Gasteiger partial charge in [0.2, 0.25) is 5.75 Å². The highest BCUT2D eigenvalue weighted by molar-refractivity contribution is 5.89. The van der Waals surface area contributed by atoms with Gasteiger partial charge in [0.25, 0.3) is 0 Å². The van der Waals surface area contributed by atoms with Crippen LogP contribution in [0.5, 0.6) is 5.75 Å². The fourth-order valence-corrected chi connectivity index (χ4v) is 4.57. The standard InChI is InChI=1S/C31H28F6O/c1-2-3-4-5-6-20-7-9-21(10-8-20)11-12-22-13-15-25-23(17-22)14-16-26(29(25)34)24-18-27(32)30(28(33)19-24)38-31(35,36)37/h7-10,13-19H,2-6,11-12H2,1H3. The summed E-state index contributed by atoms with van der Waals surface area (Å²) in [6, 6.07) is 18.1. The molecule has 0 radical (unpaired) electrons. The van der Waals surface area contributed by atoms with Crippen molar-refractivity contribution in [3.8, 4) is 16.9 Å². The van der Waals surface area contributed by atoms with Gasteiger partial charge >= 0.3 is 6.36 Å². The van der Waals surface area contributed by atoms with Crippen molar-refractivity contribution in [1.29, 1.82) is 0 Å². The van der Waals surface area contributed by atoms with Crippen LogP contribution in [-0.2, 0) is 19.3 Å². The molecule has 0 fully saturated rings. The molecule has 200 valence electrons. The Hall–Kier alpha value is -3.48. The first-order chi connectivity index (χ1) is 18.1. The monoisotopic (exact) mass is 530 g/mol. The number of alkyl halides is 3. The van der Waals surface area contributed by atoms with E-state index in [2.05, 4.69) is 35.9 Å². The Kier molecular flexibility index (Phi) is 8.65. The number of fused-ring (bicyclic) bond motifs is 1. The van der Waals surface area contributed by atoms with E-state index in [0.29, 0.717) is 17.5 Å². The second kappa shape index (κ2) is 11.9. The van der Waals surface area contributed by atoms with Crippen molar-refractivity contribution < 1.29 is 31.1 Å². The van der Waals surface area contributed by atoms with Crippen LogP contribution >= 0.6 is 0 Å². The molecule has 7 heteroatoms. The molecule has 4 aromatic carbocycles. The topological polar surface area (TPSA) is 9.23 Å². The van der Waals surface area contributed by atoms with E-state index in [9.17, 15) is 22.0 Å². The lowest BCUT2D eigenvalue weighted by Crippen LogP contribution is -2.19. The number of hydrogen-bond donors (Lipinski definition) is 0. The molecule has 0 bridgehead atoms. The summed E-state index contributed by atoms with van der Waals surface area (Å²) in [4.78, 5) is 0. The van der Waals surface area contributed by atoms with Crippen molar-refractivity contribution in [2.45, 2.75) is 58.2 Å². The number of ether oxygens (including phenoxy) is 1. The molecule has 0 N–H and O–H groups in total. The molecule has 0 unspecified atom stereocenters. The first kappa shape index (κ1) is 27.6. The molecule has 0 saturated carbocycles. The molecule has 4 rings (SSSR count). The van der Waals surface area contributed by atoms with Crippen LogP contribution in [0.2, 0.25) is 0 Å². The zero-order chi connectivity index (χ0) is 27.3. The van der Waals surface area contributed by atoms with Gasteiger partial charge in [-0.05, 0) is 65.5 Å². The molecule has 4 aromatic rings. The molecular weight excluding hydrogens is 502 g/mol. The van der Waals surface area contributed by atoms with Crippen LogP contribution in [0.1, 0.15) is 49.3 Å². The molecule has 0 aliphatic rings. The van der Waals surface area contributed by atoms with E-state index in [-0.39, 0.29) is 16.5 Å². The van der Waals surface area contributed by atoms with Gasteiger partial charge in [-0.25, -0.2) is 13.2 Å². The first-order valence-corrected chi connectivity index (χ1v) is 12.7. The highest BCUT2D eigenvalue weighted by Crippen LogP contribution is 2.35. The normalized spacial score (nSPS) is 11.8. The maximum atomic E-state index is 15.3. The Morgan fingerprint density at radius 3 is 1.89 bits per heavy atom. The van der Waals surface area contributed by atoms with Crippen LogP contribution in [0, 0.1) is 17.5 Å². The third-order valence-corrected chi connectivity index (χ3v) is 6.59.